The lowest BCUT2D eigenvalue weighted by Gasteiger charge is -2.30. The van der Waals surface area contributed by atoms with Gasteiger partial charge in [-0.1, -0.05) is 35.2 Å². The number of hydrogen-bond donors (Lipinski definition) is 1. The van der Waals surface area contributed by atoms with Gasteiger partial charge in [0, 0.05) is 11.9 Å². The fourth-order valence-corrected chi connectivity index (χ4v) is 3.90. The zero-order chi connectivity index (χ0) is 12.8. The van der Waals surface area contributed by atoms with E-state index in [1.165, 1.54) is 11.3 Å². The van der Waals surface area contributed by atoms with Crippen molar-refractivity contribution in [3.05, 3.63) is 0 Å². The fourth-order valence-electron chi connectivity index (χ4n) is 3.16. The van der Waals surface area contributed by atoms with Gasteiger partial charge >= 0.3 is 6.03 Å². The highest BCUT2D eigenvalue weighted by Crippen LogP contribution is 2.48. The first-order valence-corrected chi connectivity index (χ1v) is 7.93. The summed E-state index contributed by atoms with van der Waals surface area (Å²) in [7, 11) is 0. The molecule has 3 rings (SSSR count). The van der Waals surface area contributed by atoms with Crippen LogP contribution in [0.1, 0.15) is 44.9 Å². The number of amides is 3. The maximum Gasteiger partial charge on any atom is 0.325 e. The number of alkyl halides is 1. The topological polar surface area (TPSA) is 49.4 Å². The molecule has 0 unspecified atom stereocenters. The Labute approximate surface area is 116 Å². The SMILES string of the molecule is O=C1NC2(CCCCC2)C(=O)N1CC1(CBr)CC1. The van der Waals surface area contributed by atoms with Crippen molar-refractivity contribution in [3.63, 3.8) is 0 Å². The maximum atomic E-state index is 12.5. The molecule has 2 aliphatic carbocycles. The summed E-state index contributed by atoms with van der Waals surface area (Å²) in [6, 6.07) is -0.172. The van der Waals surface area contributed by atoms with E-state index in [1.54, 1.807) is 0 Å². The number of imide groups is 1. The lowest BCUT2D eigenvalue weighted by Crippen LogP contribution is -2.48. The average Bonchev–Trinajstić information content (AvgIpc) is 3.12. The monoisotopic (exact) mass is 314 g/mol. The van der Waals surface area contributed by atoms with E-state index in [4.69, 9.17) is 0 Å². The van der Waals surface area contributed by atoms with Crippen molar-refractivity contribution in [1.29, 1.82) is 0 Å². The quantitative estimate of drug-likeness (QED) is 0.642. The van der Waals surface area contributed by atoms with Gasteiger partial charge in [0.25, 0.3) is 5.91 Å². The summed E-state index contributed by atoms with van der Waals surface area (Å²) < 4.78 is 0. The van der Waals surface area contributed by atoms with Crippen LogP contribution in [0.15, 0.2) is 0 Å². The molecule has 0 aromatic rings. The molecule has 0 radical (unpaired) electrons. The van der Waals surface area contributed by atoms with Crippen LogP contribution in [0, 0.1) is 5.41 Å². The van der Waals surface area contributed by atoms with Crippen LogP contribution in [0.4, 0.5) is 4.79 Å². The lowest BCUT2D eigenvalue weighted by molar-refractivity contribution is -0.132. The Morgan fingerprint density at radius 1 is 1.11 bits per heavy atom. The predicted octanol–water partition coefficient (Wildman–Crippen LogP) is 2.42. The lowest BCUT2D eigenvalue weighted by atomic mass is 9.81. The Bertz CT molecular complexity index is 386. The van der Waals surface area contributed by atoms with Gasteiger partial charge in [0.05, 0.1) is 0 Å². The van der Waals surface area contributed by atoms with Gasteiger partial charge in [-0.15, -0.1) is 0 Å². The third kappa shape index (κ3) is 1.87. The van der Waals surface area contributed by atoms with E-state index >= 15 is 0 Å². The van der Waals surface area contributed by atoms with Gasteiger partial charge in [0.1, 0.15) is 5.54 Å². The molecule has 3 fully saturated rings. The molecule has 4 nitrogen and oxygen atoms in total. The molecular weight excluding hydrogens is 296 g/mol. The van der Waals surface area contributed by atoms with Crippen LogP contribution >= 0.6 is 15.9 Å². The standard InChI is InChI=1S/C13H19BrN2O2/c14-8-12(6-7-12)9-16-10(17)13(15-11(16)18)4-2-1-3-5-13/h1-9H2,(H,15,18). The maximum absolute atomic E-state index is 12.5. The summed E-state index contributed by atoms with van der Waals surface area (Å²) in [4.78, 5) is 26.1. The fraction of sp³-hybridized carbons (Fsp3) is 0.846. The molecule has 5 heteroatoms. The van der Waals surface area contributed by atoms with Gasteiger partial charge in [0.2, 0.25) is 0 Å². The van der Waals surface area contributed by atoms with E-state index in [-0.39, 0.29) is 17.4 Å². The molecule has 0 aromatic heterocycles. The second-order valence-electron chi connectivity index (χ2n) is 6.10. The van der Waals surface area contributed by atoms with Crippen molar-refractivity contribution in [1.82, 2.24) is 10.2 Å². The number of halogens is 1. The van der Waals surface area contributed by atoms with Crippen LogP contribution in [0.2, 0.25) is 0 Å². The van der Waals surface area contributed by atoms with Crippen LogP contribution in [-0.4, -0.2) is 34.3 Å². The first-order chi connectivity index (χ1) is 8.61. The predicted molar refractivity (Wildman–Crippen MR) is 71.5 cm³/mol. The number of carbonyl (C=O) groups is 2. The number of rotatable bonds is 3. The van der Waals surface area contributed by atoms with E-state index < -0.39 is 5.54 Å². The Hall–Kier alpha value is -0.580. The Morgan fingerprint density at radius 2 is 1.78 bits per heavy atom. The van der Waals surface area contributed by atoms with Crippen molar-refractivity contribution in [2.45, 2.75) is 50.5 Å². The second-order valence-corrected chi connectivity index (χ2v) is 6.66. The van der Waals surface area contributed by atoms with Crippen molar-refractivity contribution >= 4 is 27.9 Å². The number of carbonyl (C=O) groups excluding carboxylic acids is 2. The minimum absolute atomic E-state index is 0.0272. The molecule has 1 saturated heterocycles. The van der Waals surface area contributed by atoms with Gasteiger partial charge in [0.15, 0.2) is 0 Å². The highest BCUT2D eigenvalue weighted by Gasteiger charge is 2.54. The molecule has 2 saturated carbocycles. The second kappa shape index (κ2) is 4.22. The number of urea groups is 1. The third-order valence-corrected chi connectivity index (χ3v) is 5.88. The Morgan fingerprint density at radius 3 is 2.33 bits per heavy atom. The third-order valence-electron chi connectivity index (χ3n) is 4.69. The summed E-state index contributed by atoms with van der Waals surface area (Å²) in [5.74, 6) is 0.0272. The molecule has 0 atom stereocenters. The highest BCUT2D eigenvalue weighted by atomic mass is 79.9. The Balaban J connectivity index is 1.76. The minimum Gasteiger partial charge on any atom is -0.323 e. The summed E-state index contributed by atoms with van der Waals surface area (Å²) >= 11 is 3.50. The normalized spacial score (nSPS) is 28.6. The molecule has 18 heavy (non-hydrogen) atoms. The van der Waals surface area contributed by atoms with Gasteiger partial charge in [-0.3, -0.25) is 9.69 Å². The van der Waals surface area contributed by atoms with E-state index in [9.17, 15) is 9.59 Å². The number of nitrogens with one attached hydrogen (secondary N) is 1. The van der Waals surface area contributed by atoms with Crippen LogP contribution in [0.3, 0.4) is 0 Å². The average molecular weight is 315 g/mol. The number of nitrogens with zero attached hydrogens (tertiary/aromatic N) is 1. The summed E-state index contributed by atoms with van der Waals surface area (Å²) in [6.07, 6.45) is 7.12. The van der Waals surface area contributed by atoms with Crippen LogP contribution in [-0.2, 0) is 4.79 Å². The van der Waals surface area contributed by atoms with Crippen molar-refractivity contribution < 1.29 is 9.59 Å². The largest absolute Gasteiger partial charge is 0.325 e. The first-order valence-electron chi connectivity index (χ1n) is 6.81. The van der Waals surface area contributed by atoms with Crippen LogP contribution in [0.5, 0.6) is 0 Å². The molecule has 0 aromatic carbocycles. The molecule has 0 bridgehead atoms. The van der Waals surface area contributed by atoms with E-state index in [1.807, 2.05) is 0 Å². The van der Waals surface area contributed by atoms with Crippen molar-refractivity contribution in [2.24, 2.45) is 5.41 Å². The molecule has 1 heterocycles. The summed E-state index contributed by atoms with van der Waals surface area (Å²) in [6.45, 7) is 0.588. The smallest absolute Gasteiger partial charge is 0.323 e. The van der Waals surface area contributed by atoms with Crippen molar-refractivity contribution in [3.8, 4) is 0 Å². The molecule has 3 aliphatic rings. The minimum atomic E-state index is -0.558. The van der Waals surface area contributed by atoms with Gasteiger partial charge < -0.3 is 5.32 Å². The Kier molecular flexibility index (Phi) is 2.92. The summed E-state index contributed by atoms with van der Waals surface area (Å²) in [5.41, 5.74) is -0.398. The summed E-state index contributed by atoms with van der Waals surface area (Å²) in [5, 5.41) is 3.84. The van der Waals surface area contributed by atoms with E-state index in [2.05, 4.69) is 21.2 Å². The molecular formula is C13H19BrN2O2. The molecule has 1 spiro atoms. The first kappa shape index (κ1) is 12.5. The van der Waals surface area contributed by atoms with Gasteiger partial charge in [-0.2, -0.15) is 0 Å². The van der Waals surface area contributed by atoms with E-state index in [0.29, 0.717) is 6.54 Å². The highest BCUT2D eigenvalue weighted by molar-refractivity contribution is 9.09. The molecule has 100 valence electrons. The molecule has 1 aliphatic heterocycles. The molecule has 1 N–H and O–H groups in total. The van der Waals surface area contributed by atoms with E-state index in [0.717, 1.165) is 43.9 Å². The number of hydrogen-bond acceptors (Lipinski definition) is 2. The zero-order valence-electron chi connectivity index (χ0n) is 10.5. The van der Waals surface area contributed by atoms with Crippen LogP contribution in [0.25, 0.3) is 0 Å². The van der Waals surface area contributed by atoms with Crippen LogP contribution < -0.4 is 5.32 Å². The zero-order valence-corrected chi connectivity index (χ0v) is 12.1. The van der Waals surface area contributed by atoms with Gasteiger partial charge in [-0.25, -0.2) is 4.79 Å². The van der Waals surface area contributed by atoms with Gasteiger partial charge in [-0.05, 0) is 31.1 Å². The molecule has 3 amide bonds. The van der Waals surface area contributed by atoms with Crippen molar-refractivity contribution in [2.75, 3.05) is 11.9 Å².